The van der Waals surface area contributed by atoms with E-state index in [0.29, 0.717) is 0 Å². The number of allylic oxidation sites excluding steroid dienone is 2. The van der Waals surface area contributed by atoms with Gasteiger partial charge < -0.3 is 10.8 Å². The number of benzene rings is 2. The van der Waals surface area contributed by atoms with Gasteiger partial charge in [-0.15, -0.1) is 0 Å². The Balaban J connectivity index is 0.000000762. The fourth-order valence-electron chi connectivity index (χ4n) is 2.98. The van der Waals surface area contributed by atoms with Crippen LogP contribution >= 0.6 is 23.2 Å². The second-order valence-corrected chi connectivity index (χ2v) is 9.38. The maximum atomic E-state index is 12.1. The number of halogens is 2. The Morgan fingerprint density at radius 2 is 1.00 bits per heavy atom. The van der Waals surface area contributed by atoms with E-state index >= 15 is 0 Å². The number of carbonyl (C=O) groups is 4. The molecule has 2 rings (SSSR count). The predicted molar refractivity (Wildman–Crippen MR) is 148 cm³/mol. The summed E-state index contributed by atoms with van der Waals surface area (Å²) in [5, 5.41) is 39.9. The molecule has 15 heteroatoms. The normalized spacial score (nSPS) is 9.76. The van der Waals surface area contributed by atoms with Crippen molar-refractivity contribution >= 4 is 69.4 Å². The molecular weight excluding hydrogens is 631 g/mol. The molecule has 0 fully saturated rings. The number of carbonyl (C=O) groups excluding carboxylic acids is 4. The van der Waals surface area contributed by atoms with E-state index in [4.69, 9.17) is 34.0 Å². The van der Waals surface area contributed by atoms with Crippen molar-refractivity contribution in [3.8, 4) is 0 Å². The van der Waals surface area contributed by atoms with E-state index in [1.165, 1.54) is 51.6 Å². The van der Waals surface area contributed by atoms with Crippen LogP contribution in [0, 0.1) is 32.1 Å². The molecule has 0 aliphatic rings. The van der Waals surface area contributed by atoms with Crippen molar-refractivity contribution in [3.05, 3.63) is 99.8 Å². The molecule has 2 aromatic rings. The number of nitrogens with zero attached hydrogens (tertiary/aromatic N) is 4. The van der Waals surface area contributed by atoms with Gasteiger partial charge >= 0.3 is 17.1 Å². The summed E-state index contributed by atoms with van der Waals surface area (Å²) in [5.74, 6) is -1.29. The summed E-state index contributed by atoms with van der Waals surface area (Å²) in [6.07, 6.45) is 0. The van der Waals surface area contributed by atoms with Gasteiger partial charge in [0.05, 0.1) is 21.0 Å². The maximum Gasteiger partial charge on any atom is 2.00 e. The Morgan fingerprint density at radius 3 is 1.22 bits per heavy atom. The van der Waals surface area contributed by atoms with Gasteiger partial charge in [-0.3, -0.25) is 51.1 Å². The first-order valence-corrected chi connectivity index (χ1v) is 11.9. The standard InChI is InChI=1S/2C13H10ClN2O4.Cu/c2*1-7(2)12(17)10(6-15)13(18)9-4-3-8(14)5-11(9)16(19)20;/h2*3-5,7H,1-2H3;/q2*-1;+2. The molecule has 41 heavy (non-hydrogen) atoms. The van der Waals surface area contributed by atoms with Crippen LogP contribution in [0.4, 0.5) is 11.4 Å². The van der Waals surface area contributed by atoms with Gasteiger partial charge in [0, 0.05) is 34.0 Å². The molecule has 0 heterocycles. The first kappa shape index (κ1) is 36.9. The summed E-state index contributed by atoms with van der Waals surface area (Å²) < 4.78 is 0. The van der Waals surface area contributed by atoms with Gasteiger partial charge in [0.15, 0.2) is 11.6 Å². The van der Waals surface area contributed by atoms with Gasteiger partial charge in [0.2, 0.25) is 11.6 Å². The molecule has 0 atom stereocenters. The van der Waals surface area contributed by atoms with Crippen molar-refractivity contribution in [3.63, 3.8) is 0 Å². The van der Waals surface area contributed by atoms with Gasteiger partial charge in [-0.25, -0.2) is 0 Å². The minimum atomic E-state index is -0.963. The van der Waals surface area contributed by atoms with E-state index in [-0.39, 0.29) is 38.2 Å². The quantitative estimate of drug-likeness (QED) is 0.0459. The average Bonchev–Trinajstić information content (AvgIpc) is 2.89. The van der Waals surface area contributed by atoms with Crippen LogP contribution in [-0.2, 0) is 26.7 Å². The van der Waals surface area contributed by atoms with E-state index in [0.717, 1.165) is 24.3 Å². The van der Waals surface area contributed by atoms with Crippen LogP contribution in [-0.4, -0.2) is 44.7 Å². The van der Waals surface area contributed by atoms with Crippen LogP contribution in [0.15, 0.2) is 47.5 Å². The molecular formula is C26H20Cl2CuN4O8. The average molecular weight is 651 g/mol. The summed E-state index contributed by atoms with van der Waals surface area (Å²) in [5.41, 5.74) is -2.97. The number of Topliss-reactive ketones (excluding diaryl/α,β-unsaturated/α-hetero) is 4. The Labute approximate surface area is 254 Å². The van der Waals surface area contributed by atoms with Gasteiger partial charge in [-0.05, 0) is 24.3 Å². The second kappa shape index (κ2) is 16.2. The fourth-order valence-corrected chi connectivity index (χ4v) is 3.31. The molecule has 0 unspecified atom stereocenters. The molecule has 0 aliphatic heterocycles. The largest absolute Gasteiger partial charge is 2.00 e. The zero-order chi connectivity index (χ0) is 30.9. The summed E-state index contributed by atoms with van der Waals surface area (Å²) in [6, 6.07) is 6.85. The predicted octanol–water partition coefficient (Wildman–Crippen LogP) is 5.64. The third kappa shape index (κ3) is 9.51. The smallest absolute Gasteiger partial charge is 0.763 e. The molecule has 0 aliphatic carbocycles. The van der Waals surface area contributed by atoms with Crippen LogP contribution in [0.2, 0.25) is 10.0 Å². The third-order valence-corrected chi connectivity index (χ3v) is 5.49. The van der Waals surface area contributed by atoms with Crippen molar-refractivity contribution in [1.82, 2.24) is 0 Å². The number of nitro benzene ring substituents is 2. The van der Waals surface area contributed by atoms with E-state index in [1.807, 2.05) is 0 Å². The first-order valence-electron chi connectivity index (χ1n) is 11.2. The van der Waals surface area contributed by atoms with E-state index in [1.54, 1.807) is 0 Å². The fraction of sp³-hybridized carbons (Fsp3) is 0.231. The number of rotatable bonds is 10. The van der Waals surface area contributed by atoms with Crippen LogP contribution in [0.25, 0.3) is 10.8 Å². The molecule has 0 amide bonds. The first-order chi connectivity index (χ1) is 18.6. The van der Waals surface area contributed by atoms with Crippen LogP contribution < -0.4 is 0 Å². The molecule has 2 aromatic carbocycles. The Morgan fingerprint density at radius 1 is 0.707 bits per heavy atom. The summed E-state index contributed by atoms with van der Waals surface area (Å²) in [6.45, 7) is 6.12. The SMILES string of the molecule is CC(C)C(=O)C(=C=[N-])C(=O)c1ccc(Cl)cc1[N+](=O)[O-].CC(C)C(=O)C(=C=[N-])C(=O)c1ccc(Cl)cc1[N+](=O)[O-].[Cu+2]. The van der Waals surface area contributed by atoms with Crippen molar-refractivity contribution in [2.45, 2.75) is 27.7 Å². The summed E-state index contributed by atoms with van der Waals surface area (Å²) >= 11 is 11.3. The third-order valence-electron chi connectivity index (χ3n) is 5.02. The molecule has 217 valence electrons. The zero-order valence-electron chi connectivity index (χ0n) is 21.7. The van der Waals surface area contributed by atoms with Crippen LogP contribution in [0.1, 0.15) is 48.4 Å². The molecule has 0 bridgehead atoms. The van der Waals surface area contributed by atoms with Gasteiger partial charge in [-0.2, -0.15) is 0 Å². The van der Waals surface area contributed by atoms with Crippen molar-refractivity contribution < 1.29 is 46.1 Å². The van der Waals surface area contributed by atoms with E-state index in [2.05, 4.69) is 0 Å². The second-order valence-electron chi connectivity index (χ2n) is 8.51. The molecule has 0 aromatic heterocycles. The summed E-state index contributed by atoms with van der Waals surface area (Å²) in [4.78, 5) is 68.0. The molecule has 12 nitrogen and oxygen atoms in total. The molecule has 0 N–H and O–H groups in total. The Bertz CT molecular complexity index is 1410. The minimum Gasteiger partial charge on any atom is -0.763 e. The van der Waals surface area contributed by atoms with Crippen molar-refractivity contribution in [1.29, 1.82) is 0 Å². The van der Waals surface area contributed by atoms with Crippen molar-refractivity contribution in [2.24, 2.45) is 11.8 Å². The van der Waals surface area contributed by atoms with Crippen molar-refractivity contribution in [2.75, 3.05) is 0 Å². The summed E-state index contributed by atoms with van der Waals surface area (Å²) in [7, 11) is 0. The molecule has 0 saturated heterocycles. The van der Waals surface area contributed by atoms with E-state index < -0.39 is 67.3 Å². The molecule has 1 radical (unpaired) electrons. The van der Waals surface area contributed by atoms with Crippen LogP contribution in [0.5, 0.6) is 0 Å². The topological polar surface area (TPSA) is 199 Å². The van der Waals surface area contributed by atoms with Gasteiger partial charge in [0.1, 0.15) is 11.1 Å². The van der Waals surface area contributed by atoms with Crippen LogP contribution in [0.3, 0.4) is 0 Å². The maximum absolute atomic E-state index is 12.1. The number of hydrogen-bond acceptors (Lipinski definition) is 8. The number of nitro groups is 2. The Kier molecular flexibility index (Phi) is 14.6. The monoisotopic (exact) mass is 649 g/mol. The molecule has 0 spiro atoms. The van der Waals surface area contributed by atoms with E-state index in [9.17, 15) is 39.4 Å². The number of hydrogen-bond donors (Lipinski definition) is 0. The van der Waals surface area contributed by atoms with Gasteiger partial charge in [-0.1, -0.05) is 50.9 Å². The number of ketones is 4. The van der Waals surface area contributed by atoms with Gasteiger partial charge in [0.25, 0.3) is 11.4 Å². The Hall–Kier alpha value is -4.08. The minimum absolute atomic E-state index is 0. The zero-order valence-corrected chi connectivity index (χ0v) is 24.2. The molecule has 0 saturated carbocycles.